The normalized spacial score (nSPS) is 12.8. The maximum Gasteiger partial charge on any atom is 0.116 e. The van der Waals surface area contributed by atoms with Gasteiger partial charge in [0.05, 0.1) is 6.07 Å². The Morgan fingerprint density at radius 3 is 2.50 bits per heavy atom. The van der Waals surface area contributed by atoms with Crippen LogP contribution in [0.4, 0.5) is 0 Å². The van der Waals surface area contributed by atoms with Crippen molar-refractivity contribution in [1.82, 2.24) is 5.48 Å². The minimum atomic E-state index is -0.454. The third-order valence-corrected chi connectivity index (χ3v) is 0.387. The molecule has 0 aromatic heterocycles. The second-order valence-corrected chi connectivity index (χ2v) is 0.980. The highest BCUT2D eigenvalue weighted by Gasteiger charge is 1.88. The summed E-state index contributed by atoms with van der Waals surface area (Å²) in [5.74, 6) is 0. The van der Waals surface area contributed by atoms with Gasteiger partial charge in [0.25, 0.3) is 0 Å². The molecule has 0 spiro atoms. The van der Waals surface area contributed by atoms with E-state index in [-0.39, 0.29) is 0 Å². The predicted octanol–water partition coefficient (Wildman–Crippen LogP) is -0.123. The van der Waals surface area contributed by atoms with Crippen molar-refractivity contribution in [1.29, 1.82) is 5.26 Å². The van der Waals surface area contributed by atoms with E-state index >= 15 is 0 Å². The van der Waals surface area contributed by atoms with Crippen LogP contribution in [0.2, 0.25) is 0 Å². The van der Waals surface area contributed by atoms with Crippen molar-refractivity contribution in [3.63, 3.8) is 0 Å². The van der Waals surface area contributed by atoms with Gasteiger partial charge in [-0.1, -0.05) is 0 Å². The van der Waals surface area contributed by atoms with Crippen LogP contribution in [0.3, 0.4) is 0 Å². The molecule has 3 nitrogen and oxygen atoms in total. The van der Waals surface area contributed by atoms with E-state index in [0.29, 0.717) is 0 Å². The molecule has 2 N–H and O–H groups in total. The second kappa shape index (κ2) is 2.64. The zero-order valence-electron chi connectivity index (χ0n) is 3.47. The molecule has 6 heavy (non-hydrogen) atoms. The SMILES string of the molecule is CC(C#N)NO. The van der Waals surface area contributed by atoms with Gasteiger partial charge in [0.2, 0.25) is 0 Å². The van der Waals surface area contributed by atoms with Crippen LogP contribution in [-0.4, -0.2) is 11.2 Å². The molecule has 1 unspecified atom stereocenters. The van der Waals surface area contributed by atoms with Gasteiger partial charge < -0.3 is 5.21 Å². The summed E-state index contributed by atoms with van der Waals surface area (Å²) in [5.41, 5.74) is 1.75. The van der Waals surface area contributed by atoms with Crippen molar-refractivity contribution in [2.75, 3.05) is 0 Å². The molecule has 0 bridgehead atoms. The van der Waals surface area contributed by atoms with E-state index in [9.17, 15) is 0 Å². The first-order chi connectivity index (χ1) is 2.81. The highest BCUT2D eigenvalue weighted by molar-refractivity contribution is 4.81. The summed E-state index contributed by atoms with van der Waals surface area (Å²) in [7, 11) is 0. The largest absolute Gasteiger partial charge is 0.316 e. The van der Waals surface area contributed by atoms with Crippen molar-refractivity contribution in [3.05, 3.63) is 0 Å². The lowest BCUT2D eigenvalue weighted by Gasteiger charge is -1.90. The second-order valence-electron chi connectivity index (χ2n) is 0.980. The van der Waals surface area contributed by atoms with Gasteiger partial charge in [-0.15, -0.1) is 0 Å². The average Bonchev–Trinajstić information content (AvgIpc) is 1.65. The molecule has 1 atom stereocenters. The van der Waals surface area contributed by atoms with Gasteiger partial charge in [-0.25, -0.2) is 0 Å². The van der Waals surface area contributed by atoms with E-state index in [4.69, 9.17) is 10.5 Å². The van der Waals surface area contributed by atoms with E-state index in [0.717, 1.165) is 0 Å². The standard InChI is InChI=1S/C3H6N2O/c1-3(2-4)5-6/h3,5-6H,1H3. The zero-order valence-corrected chi connectivity index (χ0v) is 3.47. The van der Waals surface area contributed by atoms with E-state index in [1.807, 2.05) is 0 Å². The van der Waals surface area contributed by atoms with Crippen LogP contribution in [0.1, 0.15) is 6.92 Å². The van der Waals surface area contributed by atoms with Gasteiger partial charge >= 0.3 is 0 Å². The van der Waals surface area contributed by atoms with Crippen LogP contribution >= 0.6 is 0 Å². The lowest BCUT2D eigenvalue weighted by molar-refractivity contribution is 0.152. The monoisotopic (exact) mass is 86.0 g/mol. The molecule has 0 aliphatic carbocycles. The van der Waals surface area contributed by atoms with E-state index < -0.39 is 6.04 Å². The van der Waals surface area contributed by atoms with Crippen LogP contribution < -0.4 is 5.48 Å². The molecule has 0 saturated carbocycles. The summed E-state index contributed by atoms with van der Waals surface area (Å²) in [6.45, 7) is 1.56. The summed E-state index contributed by atoms with van der Waals surface area (Å²) in [4.78, 5) is 0. The number of hydrogen-bond acceptors (Lipinski definition) is 3. The maximum atomic E-state index is 7.86. The van der Waals surface area contributed by atoms with Crippen LogP contribution in [0.5, 0.6) is 0 Å². The minimum absolute atomic E-state index is 0.454. The Hall–Kier alpha value is -0.590. The predicted molar refractivity (Wildman–Crippen MR) is 20.0 cm³/mol. The Labute approximate surface area is 36.2 Å². The maximum absolute atomic E-state index is 7.86. The first kappa shape index (κ1) is 5.41. The fourth-order valence-corrected chi connectivity index (χ4v) is 0.0289. The number of nitrogens with zero attached hydrogens (tertiary/aromatic N) is 1. The summed E-state index contributed by atoms with van der Waals surface area (Å²) in [6, 6.07) is 1.30. The molecule has 0 aromatic rings. The van der Waals surface area contributed by atoms with Crippen molar-refractivity contribution < 1.29 is 5.21 Å². The molecule has 0 rings (SSSR count). The van der Waals surface area contributed by atoms with Gasteiger partial charge in [-0.2, -0.15) is 10.7 Å². The average molecular weight is 86.1 g/mol. The number of hydrogen-bond donors (Lipinski definition) is 2. The molecule has 0 amide bonds. The Morgan fingerprint density at radius 2 is 2.50 bits per heavy atom. The quantitative estimate of drug-likeness (QED) is 0.437. The van der Waals surface area contributed by atoms with Crippen molar-refractivity contribution in [2.45, 2.75) is 13.0 Å². The third-order valence-electron chi connectivity index (χ3n) is 0.387. The van der Waals surface area contributed by atoms with Gasteiger partial charge in [-0.05, 0) is 6.92 Å². The number of hydroxylamine groups is 1. The first-order valence-electron chi connectivity index (χ1n) is 1.60. The van der Waals surface area contributed by atoms with Gasteiger partial charge in [0, 0.05) is 0 Å². The smallest absolute Gasteiger partial charge is 0.116 e. The zero-order chi connectivity index (χ0) is 4.99. The molecule has 0 heterocycles. The molecule has 0 aliphatic heterocycles. The molecule has 0 aliphatic rings. The topological polar surface area (TPSA) is 56.0 Å². The molecule has 34 valence electrons. The van der Waals surface area contributed by atoms with Crippen LogP contribution in [0.25, 0.3) is 0 Å². The van der Waals surface area contributed by atoms with Crippen molar-refractivity contribution >= 4 is 0 Å². The highest BCUT2D eigenvalue weighted by atomic mass is 16.5. The van der Waals surface area contributed by atoms with E-state index in [2.05, 4.69) is 0 Å². The number of nitriles is 1. The van der Waals surface area contributed by atoms with Crippen molar-refractivity contribution in [3.8, 4) is 6.07 Å². The Kier molecular flexibility index (Phi) is 2.38. The summed E-state index contributed by atoms with van der Waals surface area (Å²) >= 11 is 0. The molecule has 3 heteroatoms. The van der Waals surface area contributed by atoms with E-state index in [1.54, 1.807) is 18.5 Å². The Bertz CT molecular complexity index is 65.7. The summed E-state index contributed by atoms with van der Waals surface area (Å²) in [5, 5.41) is 15.7. The fraction of sp³-hybridized carbons (Fsp3) is 0.667. The fourth-order valence-electron chi connectivity index (χ4n) is 0.0289. The van der Waals surface area contributed by atoms with Gasteiger partial charge in [0.15, 0.2) is 0 Å². The molecule has 0 saturated heterocycles. The lowest BCUT2D eigenvalue weighted by Crippen LogP contribution is -2.18. The Morgan fingerprint density at radius 1 is 2.00 bits per heavy atom. The van der Waals surface area contributed by atoms with Crippen LogP contribution in [0.15, 0.2) is 0 Å². The molecule has 0 fully saturated rings. The third kappa shape index (κ3) is 1.70. The molecular weight excluding hydrogens is 80.0 g/mol. The highest BCUT2D eigenvalue weighted by Crippen LogP contribution is 1.67. The van der Waals surface area contributed by atoms with Crippen LogP contribution in [-0.2, 0) is 0 Å². The number of nitrogens with one attached hydrogen (secondary N) is 1. The van der Waals surface area contributed by atoms with Crippen molar-refractivity contribution in [2.24, 2.45) is 0 Å². The summed E-state index contributed by atoms with van der Waals surface area (Å²) < 4.78 is 0. The molecule has 0 aromatic carbocycles. The number of rotatable bonds is 1. The summed E-state index contributed by atoms with van der Waals surface area (Å²) in [6.07, 6.45) is 0. The molecule has 0 radical (unpaired) electrons. The lowest BCUT2D eigenvalue weighted by atomic mass is 10.4. The van der Waals surface area contributed by atoms with Crippen LogP contribution in [0, 0.1) is 11.3 Å². The van der Waals surface area contributed by atoms with E-state index in [1.165, 1.54) is 0 Å². The Balaban J connectivity index is 3.04. The van der Waals surface area contributed by atoms with Gasteiger partial charge in [-0.3, -0.25) is 0 Å². The van der Waals surface area contributed by atoms with Gasteiger partial charge in [0.1, 0.15) is 6.04 Å². The minimum Gasteiger partial charge on any atom is -0.316 e. The molecular formula is C3H6N2O. The first-order valence-corrected chi connectivity index (χ1v) is 1.60.